The fourth-order valence-corrected chi connectivity index (χ4v) is 6.42. The molecule has 0 radical (unpaired) electrons. The predicted molar refractivity (Wildman–Crippen MR) is 205 cm³/mol. The van der Waals surface area contributed by atoms with Crippen molar-refractivity contribution in [2.24, 2.45) is 5.41 Å². The van der Waals surface area contributed by atoms with Gasteiger partial charge < -0.3 is 29.5 Å². The van der Waals surface area contributed by atoms with Gasteiger partial charge in [0.15, 0.2) is 6.61 Å². The molecule has 0 unspecified atom stereocenters. The molecule has 3 N–H and O–H groups in total. The van der Waals surface area contributed by atoms with Gasteiger partial charge in [-0.15, -0.1) is 0 Å². The number of aliphatic hydroxyl groups is 3. The van der Waals surface area contributed by atoms with Crippen molar-refractivity contribution in [3.63, 3.8) is 0 Å². The van der Waals surface area contributed by atoms with Crippen LogP contribution in [0.15, 0.2) is 0 Å². The summed E-state index contributed by atoms with van der Waals surface area (Å²) < 4.78 is 17.2. The van der Waals surface area contributed by atoms with E-state index in [0.29, 0.717) is 19.3 Å². The highest BCUT2D eigenvalue weighted by Gasteiger charge is 2.59. The number of carbonyl (C=O) groups is 3. The zero-order valence-electron chi connectivity index (χ0n) is 33.3. The first kappa shape index (κ1) is 49.3. The first-order chi connectivity index (χ1) is 24.8. The molecule has 0 fully saturated rings. The number of hydrogen-bond donors (Lipinski definition) is 3. The van der Waals surface area contributed by atoms with Crippen LogP contribution in [0.25, 0.3) is 0 Å². The highest BCUT2D eigenvalue weighted by molar-refractivity contribution is 5.73. The van der Waals surface area contributed by atoms with Gasteiger partial charge in [0.1, 0.15) is 5.41 Å². The van der Waals surface area contributed by atoms with Crippen LogP contribution < -0.4 is 0 Å². The summed E-state index contributed by atoms with van der Waals surface area (Å²) in [6.45, 7) is 3.26. The molecular weight excluding hydrogens is 648 g/mol. The molecule has 51 heavy (non-hydrogen) atoms. The molecule has 0 saturated heterocycles. The monoisotopic (exact) mass is 729 g/mol. The molecule has 302 valence electrons. The van der Waals surface area contributed by atoms with E-state index in [1.165, 1.54) is 96.3 Å². The number of aliphatic hydroxyl groups excluding tert-OH is 3. The Bertz CT molecular complexity index is 783. The van der Waals surface area contributed by atoms with Crippen molar-refractivity contribution >= 4 is 17.9 Å². The quantitative estimate of drug-likeness (QED) is 0.0322. The standard InChI is InChI=1S/C42H80O9/c1-4-7-10-13-16-19-22-25-28-31-38(46)49-37-42(41(34-43,35-44)36-45,50-39(47)32-29-26-23-20-17-14-11-8-5-2)51-40(48)33-30-27-24-21-18-15-12-9-6-3/h43-45H,4-37H2,1-3H3. The van der Waals surface area contributed by atoms with Crippen molar-refractivity contribution in [1.29, 1.82) is 0 Å². The molecule has 0 aromatic carbocycles. The van der Waals surface area contributed by atoms with E-state index in [0.717, 1.165) is 57.8 Å². The Morgan fingerprint density at radius 3 is 0.922 bits per heavy atom. The maximum atomic E-state index is 13.3. The number of unbranched alkanes of at least 4 members (excludes halogenated alkanes) is 24. The second-order valence-corrected chi connectivity index (χ2v) is 14.9. The van der Waals surface area contributed by atoms with E-state index in [-0.39, 0.29) is 19.3 Å². The third-order valence-corrected chi connectivity index (χ3v) is 10.1. The Morgan fingerprint density at radius 2 is 0.647 bits per heavy atom. The van der Waals surface area contributed by atoms with Gasteiger partial charge in [-0.25, -0.2) is 0 Å². The number of rotatable bonds is 38. The summed E-state index contributed by atoms with van der Waals surface area (Å²) in [5, 5.41) is 31.4. The zero-order chi connectivity index (χ0) is 37.9. The molecular formula is C42H80O9. The van der Waals surface area contributed by atoms with Gasteiger partial charge in [0.2, 0.25) is 0 Å². The first-order valence-corrected chi connectivity index (χ1v) is 21.2. The van der Waals surface area contributed by atoms with Gasteiger partial charge in [-0.3, -0.25) is 14.4 Å². The second kappa shape index (κ2) is 34.1. The summed E-state index contributed by atoms with van der Waals surface area (Å²) in [4.78, 5) is 39.4. The second-order valence-electron chi connectivity index (χ2n) is 14.9. The van der Waals surface area contributed by atoms with Crippen molar-refractivity contribution in [2.75, 3.05) is 26.4 Å². The highest BCUT2D eigenvalue weighted by Crippen LogP contribution is 2.38. The van der Waals surface area contributed by atoms with Gasteiger partial charge >= 0.3 is 23.7 Å². The molecule has 0 heterocycles. The SMILES string of the molecule is CCCCCCCCCCCC(=O)OCC(OC(=O)CCCCCCCCCCC)(OC(=O)CCCCCCCCCCC)C(CO)(CO)CO. The maximum absolute atomic E-state index is 13.3. The molecule has 0 aliphatic heterocycles. The van der Waals surface area contributed by atoms with Crippen LogP contribution in [-0.4, -0.2) is 65.4 Å². The molecule has 0 aliphatic carbocycles. The van der Waals surface area contributed by atoms with Crippen LogP contribution in [0.5, 0.6) is 0 Å². The summed E-state index contributed by atoms with van der Waals surface area (Å²) in [7, 11) is 0. The van der Waals surface area contributed by atoms with Gasteiger partial charge in [0.05, 0.1) is 19.8 Å². The molecule has 0 saturated carbocycles. The van der Waals surface area contributed by atoms with Crippen LogP contribution in [0.1, 0.15) is 213 Å². The Hall–Kier alpha value is -1.71. The lowest BCUT2D eigenvalue weighted by Gasteiger charge is -2.44. The molecule has 0 rings (SSSR count). The van der Waals surface area contributed by atoms with E-state index >= 15 is 0 Å². The molecule has 9 nitrogen and oxygen atoms in total. The van der Waals surface area contributed by atoms with Gasteiger partial charge in [-0.2, -0.15) is 0 Å². The molecule has 0 aromatic heterocycles. The third-order valence-electron chi connectivity index (χ3n) is 10.1. The molecule has 0 aromatic rings. The molecule has 0 atom stereocenters. The average molecular weight is 729 g/mol. The van der Waals surface area contributed by atoms with Gasteiger partial charge in [-0.05, 0) is 19.3 Å². The van der Waals surface area contributed by atoms with Crippen molar-refractivity contribution in [1.82, 2.24) is 0 Å². The number of hydrogen-bond acceptors (Lipinski definition) is 9. The maximum Gasteiger partial charge on any atom is 0.309 e. The van der Waals surface area contributed by atoms with Crippen LogP contribution >= 0.6 is 0 Å². The van der Waals surface area contributed by atoms with E-state index in [2.05, 4.69) is 20.8 Å². The largest absolute Gasteiger partial charge is 0.457 e. The van der Waals surface area contributed by atoms with Crippen molar-refractivity contribution < 1.29 is 43.9 Å². The van der Waals surface area contributed by atoms with Crippen molar-refractivity contribution in [3.8, 4) is 0 Å². The summed E-state index contributed by atoms with van der Waals surface area (Å²) >= 11 is 0. The van der Waals surface area contributed by atoms with Gasteiger partial charge in [-0.1, -0.05) is 175 Å². The van der Waals surface area contributed by atoms with E-state index in [1.54, 1.807) is 0 Å². The van der Waals surface area contributed by atoms with E-state index in [9.17, 15) is 29.7 Å². The fraction of sp³-hybridized carbons (Fsp3) is 0.929. The summed E-state index contributed by atoms with van der Waals surface area (Å²) in [6.07, 6.45) is 29.1. The molecule has 0 aliphatic rings. The zero-order valence-corrected chi connectivity index (χ0v) is 33.3. The van der Waals surface area contributed by atoms with E-state index in [1.807, 2.05) is 0 Å². The average Bonchev–Trinajstić information content (AvgIpc) is 3.12. The minimum absolute atomic E-state index is 0.0259. The van der Waals surface area contributed by atoms with Crippen LogP contribution in [-0.2, 0) is 28.6 Å². The van der Waals surface area contributed by atoms with Crippen molar-refractivity contribution in [2.45, 2.75) is 219 Å². The Labute approximate surface area is 312 Å². The Morgan fingerprint density at radius 1 is 0.392 bits per heavy atom. The lowest BCUT2D eigenvalue weighted by Crippen LogP contribution is -2.63. The summed E-state index contributed by atoms with van der Waals surface area (Å²) in [5.41, 5.74) is -1.99. The molecule has 0 bridgehead atoms. The molecule has 0 amide bonds. The molecule has 0 spiro atoms. The van der Waals surface area contributed by atoms with Crippen LogP contribution in [0.4, 0.5) is 0 Å². The van der Waals surface area contributed by atoms with Gasteiger partial charge in [0, 0.05) is 19.3 Å². The lowest BCUT2D eigenvalue weighted by atomic mass is 9.81. The minimum Gasteiger partial charge on any atom is -0.457 e. The van der Waals surface area contributed by atoms with E-state index < -0.39 is 55.5 Å². The van der Waals surface area contributed by atoms with E-state index in [4.69, 9.17) is 14.2 Å². The van der Waals surface area contributed by atoms with Crippen LogP contribution in [0.3, 0.4) is 0 Å². The number of carbonyl (C=O) groups excluding carboxylic acids is 3. The van der Waals surface area contributed by atoms with Gasteiger partial charge in [0.25, 0.3) is 0 Å². The molecule has 9 heteroatoms. The smallest absolute Gasteiger partial charge is 0.309 e. The normalized spacial score (nSPS) is 11.9. The van der Waals surface area contributed by atoms with Crippen molar-refractivity contribution in [3.05, 3.63) is 0 Å². The summed E-state index contributed by atoms with van der Waals surface area (Å²) in [6, 6.07) is 0. The Balaban J connectivity index is 5.44. The number of ether oxygens (including phenoxy) is 3. The summed E-state index contributed by atoms with van der Waals surface area (Å²) in [5.74, 6) is -4.35. The fourth-order valence-electron chi connectivity index (χ4n) is 6.42. The third kappa shape index (κ3) is 24.3. The lowest BCUT2D eigenvalue weighted by molar-refractivity contribution is -0.306. The van der Waals surface area contributed by atoms with Crippen LogP contribution in [0.2, 0.25) is 0 Å². The Kier molecular flexibility index (Phi) is 32.9. The highest BCUT2D eigenvalue weighted by atomic mass is 16.8. The topological polar surface area (TPSA) is 140 Å². The minimum atomic E-state index is -2.38. The number of esters is 3. The predicted octanol–water partition coefficient (Wildman–Crippen LogP) is 10.0. The first-order valence-electron chi connectivity index (χ1n) is 21.2. The van der Waals surface area contributed by atoms with Crippen LogP contribution in [0, 0.1) is 5.41 Å².